The summed E-state index contributed by atoms with van der Waals surface area (Å²) in [5, 5.41) is 5.72. The zero-order valence-electron chi connectivity index (χ0n) is 6.72. The van der Waals surface area contributed by atoms with Gasteiger partial charge in [-0.1, -0.05) is 0 Å². The number of amides is 1. The molecule has 64 valence electrons. The van der Waals surface area contributed by atoms with E-state index in [9.17, 15) is 4.79 Å². The van der Waals surface area contributed by atoms with E-state index in [1.807, 2.05) is 0 Å². The molecule has 4 nitrogen and oxygen atoms in total. The lowest BCUT2D eigenvalue weighted by Gasteiger charge is -2.22. The van der Waals surface area contributed by atoms with Crippen molar-refractivity contribution in [2.45, 2.75) is 12.5 Å². The van der Waals surface area contributed by atoms with Gasteiger partial charge in [0.2, 0.25) is 5.91 Å². The molecule has 1 saturated heterocycles. The molecule has 1 amide bonds. The van der Waals surface area contributed by atoms with Crippen molar-refractivity contribution in [2.24, 2.45) is 0 Å². The van der Waals surface area contributed by atoms with Crippen LogP contribution >= 0.6 is 0 Å². The predicted molar refractivity (Wildman–Crippen MR) is 41.3 cm³/mol. The molecule has 0 aromatic heterocycles. The molecule has 0 aromatic carbocycles. The highest BCUT2D eigenvalue weighted by Crippen LogP contribution is 2.00. The second kappa shape index (κ2) is 4.31. The number of nitrogens with one attached hydrogen (secondary N) is 2. The van der Waals surface area contributed by atoms with Gasteiger partial charge in [-0.15, -0.1) is 0 Å². The normalized spacial score (nSPS) is 24.6. The minimum Gasteiger partial charge on any atom is -0.375 e. The average molecular weight is 158 g/mol. The average Bonchev–Trinajstić information content (AvgIpc) is 2.06. The number of morpholine rings is 1. The highest BCUT2D eigenvalue weighted by molar-refractivity contribution is 5.76. The summed E-state index contributed by atoms with van der Waals surface area (Å²) in [6.45, 7) is 2.39. The molecule has 0 spiro atoms. The fourth-order valence-electron chi connectivity index (χ4n) is 1.06. The minimum absolute atomic E-state index is 0.0405. The first-order valence-corrected chi connectivity index (χ1v) is 3.86. The van der Waals surface area contributed by atoms with Crippen LogP contribution in [0.1, 0.15) is 6.42 Å². The number of hydrogen-bond acceptors (Lipinski definition) is 3. The number of ether oxygens (including phenoxy) is 1. The third-order valence-corrected chi connectivity index (χ3v) is 1.70. The fourth-order valence-corrected chi connectivity index (χ4v) is 1.06. The van der Waals surface area contributed by atoms with Gasteiger partial charge < -0.3 is 15.4 Å². The molecule has 0 radical (unpaired) electrons. The van der Waals surface area contributed by atoms with Gasteiger partial charge in [0.05, 0.1) is 19.1 Å². The van der Waals surface area contributed by atoms with E-state index in [0.29, 0.717) is 13.0 Å². The van der Waals surface area contributed by atoms with Gasteiger partial charge in [-0.25, -0.2) is 0 Å². The molecule has 2 N–H and O–H groups in total. The zero-order valence-corrected chi connectivity index (χ0v) is 6.72. The summed E-state index contributed by atoms with van der Waals surface area (Å²) in [6, 6.07) is 0. The Bertz CT molecular complexity index is 132. The van der Waals surface area contributed by atoms with Crippen molar-refractivity contribution in [3.8, 4) is 0 Å². The first-order valence-electron chi connectivity index (χ1n) is 3.86. The van der Waals surface area contributed by atoms with Crippen molar-refractivity contribution in [2.75, 3.05) is 26.7 Å². The summed E-state index contributed by atoms with van der Waals surface area (Å²) < 4.78 is 5.33. The Morgan fingerprint density at radius 1 is 1.82 bits per heavy atom. The molecule has 1 rings (SSSR count). The highest BCUT2D eigenvalue weighted by Gasteiger charge is 2.15. The predicted octanol–water partition coefficient (Wildman–Crippen LogP) is -0.889. The lowest BCUT2D eigenvalue weighted by Crippen LogP contribution is -2.40. The number of rotatable bonds is 2. The summed E-state index contributed by atoms with van der Waals surface area (Å²) in [4.78, 5) is 10.9. The van der Waals surface area contributed by atoms with Crippen LogP contribution in [0.3, 0.4) is 0 Å². The molecule has 1 fully saturated rings. The quantitative estimate of drug-likeness (QED) is 0.548. The van der Waals surface area contributed by atoms with E-state index in [-0.39, 0.29) is 12.0 Å². The maximum Gasteiger partial charge on any atom is 0.222 e. The van der Waals surface area contributed by atoms with Crippen LogP contribution in [-0.4, -0.2) is 38.8 Å². The van der Waals surface area contributed by atoms with Crippen LogP contribution in [0, 0.1) is 0 Å². The first-order chi connectivity index (χ1) is 5.33. The summed E-state index contributed by atoms with van der Waals surface area (Å²) in [5.74, 6) is 0.0405. The molecule has 0 aromatic rings. The van der Waals surface area contributed by atoms with Crippen molar-refractivity contribution in [1.82, 2.24) is 10.6 Å². The second-order valence-electron chi connectivity index (χ2n) is 2.57. The van der Waals surface area contributed by atoms with Crippen LogP contribution in [0.4, 0.5) is 0 Å². The van der Waals surface area contributed by atoms with Crippen molar-refractivity contribution in [3.05, 3.63) is 0 Å². The van der Waals surface area contributed by atoms with E-state index in [4.69, 9.17) is 4.74 Å². The number of carbonyl (C=O) groups is 1. The molecule has 11 heavy (non-hydrogen) atoms. The Kier molecular flexibility index (Phi) is 3.32. The smallest absolute Gasteiger partial charge is 0.222 e. The van der Waals surface area contributed by atoms with E-state index in [1.54, 1.807) is 7.05 Å². The highest BCUT2D eigenvalue weighted by atomic mass is 16.5. The molecule has 0 unspecified atom stereocenters. The molecule has 4 heteroatoms. The van der Waals surface area contributed by atoms with Crippen LogP contribution in [0.25, 0.3) is 0 Å². The minimum atomic E-state index is 0.0405. The Hall–Kier alpha value is -0.610. The lowest BCUT2D eigenvalue weighted by atomic mass is 10.2. The molecular weight excluding hydrogens is 144 g/mol. The monoisotopic (exact) mass is 158 g/mol. The van der Waals surface area contributed by atoms with Crippen LogP contribution in [0.5, 0.6) is 0 Å². The zero-order chi connectivity index (χ0) is 8.10. The lowest BCUT2D eigenvalue weighted by molar-refractivity contribution is -0.123. The summed E-state index contributed by atoms with van der Waals surface area (Å²) in [7, 11) is 1.64. The summed E-state index contributed by atoms with van der Waals surface area (Å²) >= 11 is 0. The van der Waals surface area contributed by atoms with Gasteiger partial charge in [-0.05, 0) is 0 Å². The molecule has 1 aliphatic heterocycles. The van der Waals surface area contributed by atoms with Gasteiger partial charge in [0, 0.05) is 20.1 Å². The van der Waals surface area contributed by atoms with E-state index in [0.717, 1.165) is 13.1 Å². The third-order valence-electron chi connectivity index (χ3n) is 1.70. The number of hydrogen-bond donors (Lipinski definition) is 2. The molecule has 0 bridgehead atoms. The SMILES string of the molecule is CNC(=O)C[C@H]1CNCCO1. The Balaban J connectivity index is 2.19. The van der Waals surface area contributed by atoms with Crippen LogP contribution in [0.15, 0.2) is 0 Å². The summed E-state index contributed by atoms with van der Waals surface area (Å²) in [6.07, 6.45) is 0.521. The van der Waals surface area contributed by atoms with Crippen LogP contribution in [0.2, 0.25) is 0 Å². The first kappa shape index (κ1) is 8.49. The van der Waals surface area contributed by atoms with Gasteiger partial charge in [-0.2, -0.15) is 0 Å². The van der Waals surface area contributed by atoms with E-state index < -0.39 is 0 Å². The van der Waals surface area contributed by atoms with Gasteiger partial charge in [0.1, 0.15) is 0 Å². The Morgan fingerprint density at radius 3 is 3.18 bits per heavy atom. The van der Waals surface area contributed by atoms with E-state index >= 15 is 0 Å². The van der Waals surface area contributed by atoms with Crippen molar-refractivity contribution < 1.29 is 9.53 Å². The van der Waals surface area contributed by atoms with Gasteiger partial charge in [0.25, 0.3) is 0 Å². The van der Waals surface area contributed by atoms with Crippen LogP contribution in [-0.2, 0) is 9.53 Å². The van der Waals surface area contributed by atoms with Gasteiger partial charge in [-0.3, -0.25) is 4.79 Å². The standard InChI is InChI=1S/C7H14N2O2/c1-8-7(10)4-6-5-9-2-3-11-6/h6,9H,2-5H2,1H3,(H,8,10)/t6-/m0/s1. The van der Waals surface area contributed by atoms with Crippen molar-refractivity contribution in [3.63, 3.8) is 0 Å². The van der Waals surface area contributed by atoms with Crippen molar-refractivity contribution >= 4 is 5.91 Å². The molecule has 0 aliphatic carbocycles. The van der Waals surface area contributed by atoms with Crippen molar-refractivity contribution in [1.29, 1.82) is 0 Å². The maximum absolute atomic E-state index is 10.9. The van der Waals surface area contributed by atoms with Crippen LogP contribution < -0.4 is 10.6 Å². The second-order valence-corrected chi connectivity index (χ2v) is 2.57. The third kappa shape index (κ3) is 2.86. The summed E-state index contributed by atoms with van der Waals surface area (Å²) in [5.41, 5.74) is 0. The molecule has 0 saturated carbocycles. The topological polar surface area (TPSA) is 50.4 Å². The molecule has 1 aliphatic rings. The molecule has 1 atom stereocenters. The maximum atomic E-state index is 10.9. The van der Waals surface area contributed by atoms with Gasteiger partial charge in [0.15, 0.2) is 0 Å². The van der Waals surface area contributed by atoms with E-state index in [1.165, 1.54) is 0 Å². The number of carbonyl (C=O) groups excluding carboxylic acids is 1. The van der Waals surface area contributed by atoms with Gasteiger partial charge >= 0.3 is 0 Å². The largest absolute Gasteiger partial charge is 0.375 e. The fraction of sp³-hybridized carbons (Fsp3) is 0.857. The van der Waals surface area contributed by atoms with E-state index in [2.05, 4.69) is 10.6 Å². The Labute approximate surface area is 66.3 Å². The Morgan fingerprint density at radius 2 is 2.64 bits per heavy atom. The molecular formula is C7H14N2O2. The molecule has 1 heterocycles.